The van der Waals surface area contributed by atoms with Crippen molar-refractivity contribution in [2.75, 3.05) is 11.9 Å². The highest BCUT2D eigenvalue weighted by molar-refractivity contribution is 9.11. The van der Waals surface area contributed by atoms with E-state index in [-0.39, 0.29) is 5.78 Å². The molecule has 1 aromatic carbocycles. The topological polar surface area (TPSA) is 20.3 Å². The summed E-state index contributed by atoms with van der Waals surface area (Å²) >= 11 is 8.54. The molecular formula is C14H13Br2NOS. The maximum absolute atomic E-state index is 11.7. The summed E-state index contributed by atoms with van der Waals surface area (Å²) in [4.78, 5) is 13.8. The van der Waals surface area contributed by atoms with Crippen molar-refractivity contribution in [2.45, 2.75) is 13.5 Å². The third-order valence-corrected chi connectivity index (χ3v) is 4.84. The van der Waals surface area contributed by atoms with E-state index in [0.717, 1.165) is 26.1 Å². The van der Waals surface area contributed by atoms with Crippen LogP contribution in [-0.2, 0) is 6.54 Å². The maximum atomic E-state index is 11.7. The third kappa shape index (κ3) is 3.68. The Balaban J connectivity index is 2.28. The van der Waals surface area contributed by atoms with Crippen LogP contribution in [0, 0.1) is 0 Å². The standard InChI is InChI=1S/C14H13Br2NOS/c1-9(18)12-6-11(15)3-4-13(12)17(2)7-10-5-14(16)19-8-10/h3-6,8H,7H2,1-2H3. The summed E-state index contributed by atoms with van der Waals surface area (Å²) in [7, 11) is 2.00. The fraction of sp³-hybridized carbons (Fsp3) is 0.214. The van der Waals surface area contributed by atoms with E-state index in [0.29, 0.717) is 0 Å². The predicted molar refractivity (Wildman–Crippen MR) is 88.3 cm³/mol. The molecule has 2 nitrogen and oxygen atoms in total. The molecule has 1 aromatic heterocycles. The minimum Gasteiger partial charge on any atom is -0.370 e. The second kappa shape index (κ2) is 6.20. The Labute approximate surface area is 133 Å². The molecule has 0 radical (unpaired) electrons. The molecule has 2 rings (SSSR count). The predicted octanol–water partition coefficient (Wildman–Crippen LogP) is 5.11. The van der Waals surface area contributed by atoms with Crippen molar-refractivity contribution in [1.82, 2.24) is 0 Å². The molecule has 0 unspecified atom stereocenters. The van der Waals surface area contributed by atoms with E-state index >= 15 is 0 Å². The molecule has 0 N–H and O–H groups in total. The van der Waals surface area contributed by atoms with Gasteiger partial charge in [-0.25, -0.2) is 0 Å². The molecule has 5 heteroatoms. The van der Waals surface area contributed by atoms with Crippen LogP contribution in [0.1, 0.15) is 22.8 Å². The average molecular weight is 403 g/mol. The van der Waals surface area contributed by atoms with Crippen molar-refractivity contribution < 1.29 is 4.79 Å². The van der Waals surface area contributed by atoms with Gasteiger partial charge in [0.25, 0.3) is 0 Å². The van der Waals surface area contributed by atoms with Crippen LogP contribution in [-0.4, -0.2) is 12.8 Å². The van der Waals surface area contributed by atoms with Gasteiger partial charge in [-0.3, -0.25) is 4.79 Å². The zero-order valence-corrected chi connectivity index (χ0v) is 14.6. The van der Waals surface area contributed by atoms with Crippen molar-refractivity contribution in [3.63, 3.8) is 0 Å². The summed E-state index contributed by atoms with van der Waals surface area (Å²) in [5, 5.41) is 2.12. The number of carbonyl (C=O) groups excluding carboxylic acids is 1. The average Bonchev–Trinajstić information content (AvgIpc) is 2.74. The molecule has 100 valence electrons. The first-order chi connectivity index (χ1) is 8.97. The first-order valence-electron chi connectivity index (χ1n) is 5.72. The summed E-state index contributed by atoms with van der Waals surface area (Å²) in [5.41, 5.74) is 2.93. The molecule has 0 aliphatic rings. The van der Waals surface area contributed by atoms with Crippen LogP contribution >= 0.6 is 43.2 Å². The number of thiophene rings is 1. The number of anilines is 1. The smallest absolute Gasteiger partial charge is 0.161 e. The summed E-state index contributed by atoms with van der Waals surface area (Å²) in [6.45, 7) is 2.38. The number of rotatable bonds is 4. The molecule has 0 fully saturated rings. The van der Waals surface area contributed by atoms with Gasteiger partial charge in [-0.05, 0) is 58.1 Å². The third-order valence-electron chi connectivity index (χ3n) is 2.79. The second-order valence-electron chi connectivity index (χ2n) is 4.33. The summed E-state index contributed by atoms with van der Waals surface area (Å²) in [6.07, 6.45) is 0. The van der Waals surface area contributed by atoms with Crippen LogP contribution < -0.4 is 4.90 Å². The van der Waals surface area contributed by atoms with E-state index in [1.54, 1.807) is 18.3 Å². The van der Waals surface area contributed by atoms with Gasteiger partial charge in [-0.15, -0.1) is 11.3 Å². The molecule has 0 aliphatic heterocycles. The molecule has 1 heterocycles. The van der Waals surface area contributed by atoms with Gasteiger partial charge in [-0.2, -0.15) is 0 Å². The molecule has 0 bridgehead atoms. The zero-order chi connectivity index (χ0) is 14.0. The van der Waals surface area contributed by atoms with Crippen molar-refractivity contribution in [1.29, 1.82) is 0 Å². The number of halogens is 2. The minimum atomic E-state index is 0.0784. The van der Waals surface area contributed by atoms with Gasteiger partial charge in [-0.1, -0.05) is 15.9 Å². The van der Waals surface area contributed by atoms with Crippen LogP contribution in [0.4, 0.5) is 5.69 Å². The quantitative estimate of drug-likeness (QED) is 0.662. The van der Waals surface area contributed by atoms with Gasteiger partial charge in [0, 0.05) is 29.3 Å². The molecular weight excluding hydrogens is 390 g/mol. The van der Waals surface area contributed by atoms with Crippen molar-refractivity contribution >= 4 is 54.7 Å². The number of Topliss-reactive ketones (excluding diaryl/α,β-unsaturated/α-hetero) is 1. The second-order valence-corrected chi connectivity index (χ2v) is 7.54. The Morgan fingerprint density at radius 1 is 1.32 bits per heavy atom. The van der Waals surface area contributed by atoms with Gasteiger partial charge in [0.15, 0.2) is 5.78 Å². The normalized spacial score (nSPS) is 10.5. The Morgan fingerprint density at radius 3 is 2.63 bits per heavy atom. The number of nitrogens with zero attached hydrogens (tertiary/aromatic N) is 1. The van der Waals surface area contributed by atoms with Crippen LogP contribution in [0.5, 0.6) is 0 Å². The van der Waals surface area contributed by atoms with E-state index in [2.05, 4.69) is 48.2 Å². The Hall–Kier alpha value is -0.650. The van der Waals surface area contributed by atoms with E-state index in [4.69, 9.17) is 0 Å². The van der Waals surface area contributed by atoms with Crippen LogP contribution in [0.2, 0.25) is 0 Å². The van der Waals surface area contributed by atoms with Crippen LogP contribution in [0.25, 0.3) is 0 Å². The molecule has 0 saturated heterocycles. The van der Waals surface area contributed by atoms with Gasteiger partial charge >= 0.3 is 0 Å². The highest BCUT2D eigenvalue weighted by atomic mass is 79.9. The monoisotopic (exact) mass is 401 g/mol. The molecule has 0 spiro atoms. The maximum Gasteiger partial charge on any atom is 0.161 e. The first kappa shape index (κ1) is 14.8. The fourth-order valence-corrected chi connectivity index (χ4v) is 3.47. The molecule has 0 atom stereocenters. The van der Waals surface area contributed by atoms with Gasteiger partial charge in [0.05, 0.1) is 3.79 Å². The summed E-state index contributed by atoms with van der Waals surface area (Å²) < 4.78 is 2.05. The Kier molecular flexibility index (Phi) is 4.81. The van der Waals surface area contributed by atoms with Crippen LogP contribution in [0.3, 0.4) is 0 Å². The van der Waals surface area contributed by atoms with Crippen LogP contribution in [0.15, 0.2) is 37.9 Å². The molecule has 0 saturated carbocycles. The highest BCUT2D eigenvalue weighted by Gasteiger charge is 2.12. The molecule has 0 amide bonds. The summed E-state index contributed by atoms with van der Waals surface area (Å²) in [5.74, 6) is 0.0784. The van der Waals surface area contributed by atoms with E-state index < -0.39 is 0 Å². The lowest BCUT2D eigenvalue weighted by Gasteiger charge is -2.21. The molecule has 19 heavy (non-hydrogen) atoms. The van der Waals surface area contributed by atoms with Crippen molar-refractivity contribution in [3.8, 4) is 0 Å². The number of ketones is 1. The SMILES string of the molecule is CC(=O)c1cc(Br)ccc1N(C)Cc1csc(Br)c1. The summed E-state index contributed by atoms with van der Waals surface area (Å²) in [6, 6.07) is 7.91. The number of benzene rings is 1. The number of hydrogen-bond donors (Lipinski definition) is 0. The van der Waals surface area contributed by atoms with Gasteiger partial charge < -0.3 is 4.90 Å². The Morgan fingerprint density at radius 2 is 2.05 bits per heavy atom. The number of carbonyl (C=O) groups is 1. The zero-order valence-electron chi connectivity index (χ0n) is 10.6. The largest absolute Gasteiger partial charge is 0.370 e. The highest BCUT2D eigenvalue weighted by Crippen LogP contribution is 2.27. The molecule has 0 aliphatic carbocycles. The first-order valence-corrected chi connectivity index (χ1v) is 8.18. The van der Waals surface area contributed by atoms with Gasteiger partial charge in [0.1, 0.15) is 0 Å². The fourth-order valence-electron chi connectivity index (χ4n) is 1.91. The number of hydrogen-bond acceptors (Lipinski definition) is 3. The van der Waals surface area contributed by atoms with Crippen molar-refractivity contribution in [2.24, 2.45) is 0 Å². The minimum absolute atomic E-state index is 0.0784. The van der Waals surface area contributed by atoms with E-state index in [9.17, 15) is 4.79 Å². The Bertz CT molecular complexity index is 609. The van der Waals surface area contributed by atoms with Gasteiger partial charge in [0.2, 0.25) is 0 Å². The molecule has 2 aromatic rings. The van der Waals surface area contributed by atoms with Crippen molar-refractivity contribution in [3.05, 3.63) is 49.0 Å². The lowest BCUT2D eigenvalue weighted by Crippen LogP contribution is -2.18. The lowest BCUT2D eigenvalue weighted by molar-refractivity contribution is 0.101. The lowest BCUT2D eigenvalue weighted by atomic mass is 10.1. The van der Waals surface area contributed by atoms with E-state index in [1.807, 2.05) is 25.2 Å². The van der Waals surface area contributed by atoms with E-state index in [1.165, 1.54) is 5.56 Å².